The van der Waals surface area contributed by atoms with E-state index in [0.717, 1.165) is 33.6 Å². The third-order valence-electron chi connectivity index (χ3n) is 14.2. The molecule has 0 radical (unpaired) electrons. The molecule has 0 saturated carbocycles. The first-order valence-corrected chi connectivity index (χ1v) is 23.2. The van der Waals surface area contributed by atoms with Gasteiger partial charge in [-0.2, -0.15) is 0 Å². The summed E-state index contributed by atoms with van der Waals surface area (Å²) < 4.78 is 9.24. The average Bonchev–Trinajstić information content (AvgIpc) is 3.83. The summed E-state index contributed by atoms with van der Waals surface area (Å²) >= 11 is 0. The number of benzene rings is 8. The molecule has 0 spiro atoms. The van der Waals surface area contributed by atoms with Crippen LogP contribution >= 0.6 is 0 Å². The average molecular weight is 844 g/mol. The quantitative estimate of drug-likeness (QED) is 0.166. The molecule has 65 heavy (non-hydrogen) atoms. The summed E-state index contributed by atoms with van der Waals surface area (Å²) in [7, 11) is 0. The van der Waals surface area contributed by atoms with Gasteiger partial charge < -0.3 is 18.8 Å². The highest BCUT2D eigenvalue weighted by molar-refractivity contribution is 7.01. The lowest BCUT2D eigenvalue weighted by molar-refractivity contribution is 0.590. The van der Waals surface area contributed by atoms with E-state index < -0.39 is 0 Å². The van der Waals surface area contributed by atoms with Gasteiger partial charge in [0.2, 0.25) is 0 Å². The van der Waals surface area contributed by atoms with Gasteiger partial charge in [0.1, 0.15) is 11.2 Å². The number of para-hydroxylation sites is 3. The summed E-state index contributed by atoms with van der Waals surface area (Å²) in [6.45, 7) is 20.8. The molecule has 2 aliphatic heterocycles. The van der Waals surface area contributed by atoms with Gasteiger partial charge in [-0.1, -0.05) is 141 Å². The topological polar surface area (TPSA) is 24.6 Å². The molecule has 10 aromatic rings. The van der Waals surface area contributed by atoms with E-state index in [-0.39, 0.29) is 23.0 Å². The number of rotatable bonds is 3. The standard InChI is InChI=1S/C60H54BN3O/c1-58(2,3)37-25-28-47-44(32-37)45-33-38(59(4,5)6)26-29-48(45)64(47)42-35-51-56-52(36-42)63(41-20-14-11-15-21-41)50-34-39(60(7,8)9)24-27-46(50)61(56)57-49(62(51)40-18-12-10-13-19-40)30-31-54-55(57)43-22-16-17-23-53(43)65-54/h10-36H,1-9H3. The summed E-state index contributed by atoms with van der Waals surface area (Å²) in [6, 6.07) is 61.5. The number of furan rings is 1. The van der Waals surface area contributed by atoms with Crippen LogP contribution in [0.25, 0.3) is 49.4 Å². The second-order valence-corrected chi connectivity index (χ2v) is 21.5. The lowest BCUT2D eigenvalue weighted by Crippen LogP contribution is -2.61. The lowest BCUT2D eigenvalue weighted by atomic mass is 9.33. The molecule has 2 aromatic heterocycles. The molecular formula is C60H54BN3O. The Morgan fingerprint density at radius 2 is 0.892 bits per heavy atom. The lowest BCUT2D eigenvalue weighted by Gasteiger charge is -2.45. The molecule has 12 rings (SSSR count). The minimum Gasteiger partial charge on any atom is -0.456 e. The van der Waals surface area contributed by atoms with Crippen LogP contribution in [0.4, 0.5) is 34.1 Å². The van der Waals surface area contributed by atoms with Crippen LogP contribution in [0.2, 0.25) is 0 Å². The van der Waals surface area contributed by atoms with E-state index in [1.807, 2.05) is 0 Å². The van der Waals surface area contributed by atoms with Crippen molar-refractivity contribution in [2.24, 2.45) is 0 Å². The van der Waals surface area contributed by atoms with Gasteiger partial charge in [-0.3, -0.25) is 0 Å². The van der Waals surface area contributed by atoms with Crippen molar-refractivity contribution in [2.75, 3.05) is 9.80 Å². The molecule has 318 valence electrons. The highest BCUT2D eigenvalue weighted by atomic mass is 16.3. The summed E-state index contributed by atoms with van der Waals surface area (Å²) in [5.74, 6) is 0. The first kappa shape index (κ1) is 39.6. The predicted molar refractivity (Wildman–Crippen MR) is 278 cm³/mol. The van der Waals surface area contributed by atoms with Crippen molar-refractivity contribution in [1.29, 1.82) is 0 Å². The monoisotopic (exact) mass is 843 g/mol. The molecule has 8 aromatic carbocycles. The van der Waals surface area contributed by atoms with Crippen LogP contribution in [0.15, 0.2) is 168 Å². The zero-order chi connectivity index (χ0) is 44.7. The van der Waals surface area contributed by atoms with Crippen molar-refractivity contribution >= 4 is 101 Å². The molecule has 4 nitrogen and oxygen atoms in total. The van der Waals surface area contributed by atoms with Crippen LogP contribution in [0.3, 0.4) is 0 Å². The third kappa shape index (κ3) is 5.97. The third-order valence-corrected chi connectivity index (χ3v) is 14.2. The van der Waals surface area contributed by atoms with E-state index in [9.17, 15) is 0 Å². The summed E-state index contributed by atoms with van der Waals surface area (Å²) in [4.78, 5) is 5.07. The fourth-order valence-electron chi connectivity index (χ4n) is 10.8. The van der Waals surface area contributed by atoms with Gasteiger partial charge >= 0.3 is 0 Å². The fourth-order valence-corrected chi connectivity index (χ4v) is 10.8. The van der Waals surface area contributed by atoms with Crippen molar-refractivity contribution in [1.82, 2.24) is 4.57 Å². The van der Waals surface area contributed by atoms with Crippen LogP contribution in [0.1, 0.15) is 79.0 Å². The van der Waals surface area contributed by atoms with Gasteiger partial charge in [-0.05, 0) is 134 Å². The minimum absolute atomic E-state index is 0.0000452. The van der Waals surface area contributed by atoms with Crippen molar-refractivity contribution < 1.29 is 4.42 Å². The molecular weight excluding hydrogens is 789 g/mol. The van der Waals surface area contributed by atoms with Crippen molar-refractivity contribution in [2.45, 2.75) is 78.6 Å². The second kappa shape index (κ2) is 13.8. The van der Waals surface area contributed by atoms with Crippen LogP contribution in [-0.4, -0.2) is 11.3 Å². The molecule has 0 fully saturated rings. The molecule has 0 N–H and O–H groups in total. The Morgan fingerprint density at radius 1 is 0.385 bits per heavy atom. The van der Waals surface area contributed by atoms with Gasteiger partial charge in [-0.25, -0.2) is 0 Å². The molecule has 5 heteroatoms. The highest BCUT2D eigenvalue weighted by Gasteiger charge is 2.45. The number of hydrogen-bond acceptors (Lipinski definition) is 3. The largest absolute Gasteiger partial charge is 0.456 e. The van der Waals surface area contributed by atoms with Crippen LogP contribution < -0.4 is 26.2 Å². The van der Waals surface area contributed by atoms with E-state index in [4.69, 9.17) is 4.42 Å². The van der Waals surface area contributed by atoms with Crippen molar-refractivity contribution in [3.63, 3.8) is 0 Å². The SMILES string of the molecule is CC(C)(C)c1ccc2c(c1)N(c1ccccc1)c1cc(-n3c4ccc(C(C)(C)C)cc4c4cc(C(C)(C)C)ccc43)cc3c1B2c1c(ccc2oc4ccccc4c12)N3c1ccccc1. The molecule has 0 saturated heterocycles. The molecule has 2 aliphatic rings. The Morgan fingerprint density at radius 3 is 1.46 bits per heavy atom. The van der Waals surface area contributed by atoms with Gasteiger partial charge in [0.05, 0.1) is 16.7 Å². The maximum absolute atomic E-state index is 6.71. The smallest absolute Gasteiger partial charge is 0.253 e. The fraction of sp³-hybridized carbons (Fsp3) is 0.200. The van der Waals surface area contributed by atoms with Crippen molar-refractivity contribution in [3.8, 4) is 5.69 Å². The van der Waals surface area contributed by atoms with E-state index in [1.165, 1.54) is 83.0 Å². The summed E-state index contributed by atoms with van der Waals surface area (Å²) in [6.07, 6.45) is 0. The zero-order valence-electron chi connectivity index (χ0n) is 38.9. The predicted octanol–water partition coefficient (Wildman–Crippen LogP) is 14.7. The molecule has 4 heterocycles. The molecule has 0 amide bonds. The van der Waals surface area contributed by atoms with E-state index in [0.29, 0.717) is 0 Å². The van der Waals surface area contributed by atoms with E-state index >= 15 is 0 Å². The minimum atomic E-state index is -0.0838. The van der Waals surface area contributed by atoms with Crippen LogP contribution in [0, 0.1) is 0 Å². The maximum Gasteiger partial charge on any atom is 0.253 e. The Labute approximate surface area is 382 Å². The Bertz CT molecular complexity index is 3490. The van der Waals surface area contributed by atoms with Gasteiger partial charge in [0.15, 0.2) is 0 Å². The second-order valence-electron chi connectivity index (χ2n) is 21.5. The van der Waals surface area contributed by atoms with Gasteiger partial charge in [0, 0.05) is 55.7 Å². The number of hydrogen-bond donors (Lipinski definition) is 0. The van der Waals surface area contributed by atoms with Gasteiger partial charge in [-0.15, -0.1) is 0 Å². The zero-order valence-corrected chi connectivity index (χ0v) is 38.9. The number of nitrogens with zero attached hydrogens (tertiary/aromatic N) is 3. The van der Waals surface area contributed by atoms with Crippen molar-refractivity contribution in [3.05, 3.63) is 180 Å². The Kier molecular flexibility index (Phi) is 8.39. The first-order chi connectivity index (χ1) is 31.1. The highest BCUT2D eigenvalue weighted by Crippen LogP contribution is 2.48. The molecule has 0 atom stereocenters. The van der Waals surface area contributed by atoms with Crippen LogP contribution in [-0.2, 0) is 16.2 Å². The maximum atomic E-state index is 6.71. The summed E-state index contributed by atoms with van der Waals surface area (Å²) in [5, 5.41) is 4.88. The van der Waals surface area contributed by atoms with E-state index in [1.54, 1.807) is 0 Å². The molecule has 0 aliphatic carbocycles. The van der Waals surface area contributed by atoms with E-state index in [2.05, 4.69) is 240 Å². The molecule has 0 unspecified atom stereocenters. The number of aromatic nitrogens is 1. The van der Waals surface area contributed by atoms with Crippen LogP contribution in [0.5, 0.6) is 0 Å². The number of anilines is 6. The number of fused-ring (bicyclic) bond motifs is 11. The summed E-state index contributed by atoms with van der Waals surface area (Å²) in [5.41, 5.74) is 20.1. The Hall–Kier alpha value is -6.98. The molecule has 0 bridgehead atoms. The normalized spacial score (nSPS) is 13.8. The van der Waals surface area contributed by atoms with Gasteiger partial charge in [0.25, 0.3) is 6.71 Å². The first-order valence-electron chi connectivity index (χ1n) is 23.2. The Balaban J connectivity index is 1.26.